The van der Waals surface area contributed by atoms with Gasteiger partial charge in [0, 0.05) is 18.5 Å². The van der Waals surface area contributed by atoms with Gasteiger partial charge in [0.1, 0.15) is 17.0 Å². The smallest absolute Gasteiger partial charge is 0.138 e. The summed E-state index contributed by atoms with van der Waals surface area (Å²) in [7, 11) is 1.58. The van der Waals surface area contributed by atoms with Gasteiger partial charge < -0.3 is 15.2 Å². The Hall–Kier alpha value is -1.24. The fourth-order valence-corrected chi connectivity index (χ4v) is 2.60. The zero-order valence-corrected chi connectivity index (χ0v) is 11.3. The fraction of sp³-hybridized carbons (Fsp3) is 0.500. The molecule has 6 heteroatoms. The molecule has 1 atom stereocenters. The zero-order valence-electron chi connectivity index (χ0n) is 10.5. The van der Waals surface area contributed by atoms with E-state index in [1.807, 2.05) is 0 Å². The van der Waals surface area contributed by atoms with Crippen LogP contribution >= 0.6 is 11.3 Å². The second-order valence-electron chi connectivity index (χ2n) is 4.12. The second-order valence-corrected chi connectivity index (χ2v) is 5.36. The molecule has 18 heavy (non-hydrogen) atoms. The molecule has 2 heterocycles. The van der Waals surface area contributed by atoms with E-state index >= 15 is 0 Å². The summed E-state index contributed by atoms with van der Waals surface area (Å²) in [5.74, 6) is 0.828. The summed E-state index contributed by atoms with van der Waals surface area (Å²) in [5.41, 5.74) is 0. The normalized spacial score (nSPS) is 12.8. The first kappa shape index (κ1) is 13.2. The number of aromatic nitrogens is 2. The number of nitrogens with one attached hydrogen (secondary N) is 1. The molecule has 0 bridgehead atoms. The number of aryl methyl sites for hydroxylation is 1. The largest absolute Gasteiger partial charge is 0.391 e. The number of fused-ring (bicyclic) bond motifs is 1. The Morgan fingerprint density at radius 2 is 2.33 bits per heavy atom. The van der Waals surface area contributed by atoms with Gasteiger partial charge in [0.15, 0.2) is 0 Å². The molecule has 0 aliphatic carbocycles. The fourth-order valence-electron chi connectivity index (χ4n) is 1.75. The number of thiophene rings is 1. The second kappa shape index (κ2) is 6.08. The van der Waals surface area contributed by atoms with Gasteiger partial charge in [0.05, 0.1) is 18.1 Å². The summed E-state index contributed by atoms with van der Waals surface area (Å²) >= 11 is 1.65. The number of hydrogen-bond acceptors (Lipinski definition) is 6. The van der Waals surface area contributed by atoms with E-state index in [-0.39, 0.29) is 0 Å². The number of aliphatic hydroxyl groups is 1. The van der Waals surface area contributed by atoms with Gasteiger partial charge in [-0.25, -0.2) is 9.97 Å². The van der Waals surface area contributed by atoms with E-state index < -0.39 is 6.10 Å². The average molecular weight is 267 g/mol. The molecule has 0 fully saturated rings. The third-order valence-electron chi connectivity index (χ3n) is 2.58. The van der Waals surface area contributed by atoms with Crippen molar-refractivity contribution in [2.75, 3.05) is 25.6 Å². The molecule has 2 aromatic heterocycles. The van der Waals surface area contributed by atoms with Crippen LogP contribution in [0.25, 0.3) is 10.2 Å². The highest BCUT2D eigenvalue weighted by atomic mass is 32.1. The molecule has 0 aliphatic rings. The summed E-state index contributed by atoms with van der Waals surface area (Å²) < 4.78 is 4.88. The Morgan fingerprint density at radius 3 is 3.11 bits per heavy atom. The Kier molecular flexibility index (Phi) is 4.46. The Labute approximate surface area is 110 Å². The predicted molar refractivity (Wildman–Crippen MR) is 73.1 cm³/mol. The van der Waals surface area contributed by atoms with Crippen molar-refractivity contribution in [3.8, 4) is 0 Å². The van der Waals surface area contributed by atoms with E-state index in [1.54, 1.807) is 24.8 Å². The number of nitrogens with zero attached hydrogens (tertiary/aromatic N) is 2. The highest BCUT2D eigenvalue weighted by Gasteiger charge is 2.07. The van der Waals surface area contributed by atoms with Crippen LogP contribution in [0, 0.1) is 6.92 Å². The molecular formula is C12H17N3O2S. The van der Waals surface area contributed by atoms with Crippen LogP contribution in [-0.4, -0.2) is 41.4 Å². The van der Waals surface area contributed by atoms with Gasteiger partial charge in [0.25, 0.3) is 0 Å². The van der Waals surface area contributed by atoms with Gasteiger partial charge in [-0.15, -0.1) is 11.3 Å². The molecule has 1 unspecified atom stereocenters. The molecule has 2 N–H and O–H groups in total. The van der Waals surface area contributed by atoms with Crippen molar-refractivity contribution in [1.29, 1.82) is 0 Å². The maximum atomic E-state index is 9.55. The number of ether oxygens (including phenoxy) is 1. The first-order valence-corrected chi connectivity index (χ1v) is 6.64. The third kappa shape index (κ3) is 3.16. The molecule has 0 spiro atoms. The molecule has 2 rings (SSSR count). The minimum Gasteiger partial charge on any atom is -0.391 e. The number of hydrogen-bond donors (Lipinski definition) is 2. The SMILES string of the molecule is COCC(O)CCNc1ncnc2sc(C)cc12. The molecule has 0 radical (unpaired) electrons. The molecule has 0 saturated heterocycles. The molecule has 2 aromatic rings. The lowest BCUT2D eigenvalue weighted by atomic mass is 10.2. The van der Waals surface area contributed by atoms with Gasteiger partial charge >= 0.3 is 0 Å². The molecule has 0 saturated carbocycles. The highest BCUT2D eigenvalue weighted by molar-refractivity contribution is 7.18. The van der Waals surface area contributed by atoms with Crippen LogP contribution in [0.3, 0.4) is 0 Å². The lowest BCUT2D eigenvalue weighted by molar-refractivity contribution is 0.0615. The van der Waals surface area contributed by atoms with Crippen LogP contribution < -0.4 is 5.32 Å². The maximum Gasteiger partial charge on any atom is 0.138 e. The van der Waals surface area contributed by atoms with Crippen LogP contribution in [0.5, 0.6) is 0 Å². The van der Waals surface area contributed by atoms with Crippen molar-refractivity contribution < 1.29 is 9.84 Å². The quantitative estimate of drug-likeness (QED) is 0.835. The van der Waals surface area contributed by atoms with Crippen LogP contribution in [0.15, 0.2) is 12.4 Å². The van der Waals surface area contributed by atoms with Crippen LogP contribution in [0.4, 0.5) is 5.82 Å². The summed E-state index contributed by atoms with van der Waals surface area (Å²) in [6, 6.07) is 2.08. The first-order valence-electron chi connectivity index (χ1n) is 5.82. The number of methoxy groups -OCH3 is 1. The summed E-state index contributed by atoms with van der Waals surface area (Å²) in [5, 5.41) is 13.8. The first-order chi connectivity index (χ1) is 8.70. The molecule has 0 aliphatic heterocycles. The van der Waals surface area contributed by atoms with E-state index in [9.17, 15) is 5.11 Å². The molecular weight excluding hydrogens is 250 g/mol. The number of aliphatic hydroxyl groups excluding tert-OH is 1. The van der Waals surface area contributed by atoms with Gasteiger partial charge in [-0.1, -0.05) is 0 Å². The molecule has 5 nitrogen and oxygen atoms in total. The maximum absolute atomic E-state index is 9.55. The number of anilines is 1. The van der Waals surface area contributed by atoms with Crippen LogP contribution in [0.1, 0.15) is 11.3 Å². The summed E-state index contributed by atoms with van der Waals surface area (Å²) in [6.07, 6.45) is 1.75. The monoisotopic (exact) mass is 267 g/mol. The highest BCUT2D eigenvalue weighted by Crippen LogP contribution is 2.27. The third-order valence-corrected chi connectivity index (χ3v) is 3.54. The van der Waals surface area contributed by atoms with Gasteiger partial charge in [-0.2, -0.15) is 0 Å². The van der Waals surface area contributed by atoms with Crippen molar-refractivity contribution in [2.24, 2.45) is 0 Å². The van der Waals surface area contributed by atoms with Gasteiger partial charge in [-0.05, 0) is 19.4 Å². The van der Waals surface area contributed by atoms with Crippen molar-refractivity contribution >= 4 is 27.4 Å². The minimum atomic E-state index is -0.441. The van der Waals surface area contributed by atoms with Gasteiger partial charge in [-0.3, -0.25) is 0 Å². The van der Waals surface area contributed by atoms with Crippen molar-refractivity contribution in [2.45, 2.75) is 19.4 Å². The molecule has 0 amide bonds. The Balaban J connectivity index is 1.99. The van der Waals surface area contributed by atoms with Crippen molar-refractivity contribution in [3.63, 3.8) is 0 Å². The predicted octanol–water partition coefficient (Wildman–Crippen LogP) is 1.81. The number of rotatable bonds is 6. The van der Waals surface area contributed by atoms with E-state index in [0.717, 1.165) is 16.0 Å². The van der Waals surface area contributed by atoms with Crippen LogP contribution in [0.2, 0.25) is 0 Å². The zero-order chi connectivity index (χ0) is 13.0. The van der Waals surface area contributed by atoms with E-state index in [0.29, 0.717) is 19.6 Å². The molecule has 0 aromatic carbocycles. The summed E-state index contributed by atoms with van der Waals surface area (Å²) in [4.78, 5) is 10.7. The standard InChI is InChI=1S/C12H17N3O2S/c1-8-5-10-11(14-7-15-12(10)18-8)13-4-3-9(16)6-17-2/h5,7,9,16H,3-4,6H2,1-2H3,(H,13,14,15). The lowest BCUT2D eigenvalue weighted by Gasteiger charge is -2.10. The minimum absolute atomic E-state index is 0.360. The Morgan fingerprint density at radius 1 is 1.50 bits per heavy atom. The van der Waals surface area contributed by atoms with E-state index in [2.05, 4.69) is 28.3 Å². The van der Waals surface area contributed by atoms with E-state index in [4.69, 9.17) is 4.74 Å². The van der Waals surface area contributed by atoms with Crippen molar-refractivity contribution in [3.05, 3.63) is 17.3 Å². The summed E-state index contributed by atoms with van der Waals surface area (Å²) in [6.45, 7) is 3.07. The topological polar surface area (TPSA) is 67.3 Å². The Bertz CT molecular complexity index is 515. The van der Waals surface area contributed by atoms with E-state index in [1.165, 1.54) is 4.88 Å². The van der Waals surface area contributed by atoms with Crippen LogP contribution in [-0.2, 0) is 4.74 Å². The average Bonchev–Trinajstić information content (AvgIpc) is 2.70. The van der Waals surface area contributed by atoms with Gasteiger partial charge in [0.2, 0.25) is 0 Å². The lowest BCUT2D eigenvalue weighted by Crippen LogP contribution is -2.18. The van der Waals surface area contributed by atoms with Crippen molar-refractivity contribution in [1.82, 2.24) is 9.97 Å². The molecule has 98 valence electrons.